The molecule has 0 aliphatic carbocycles. The predicted molar refractivity (Wildman–Crippen MR) is 97.7 cm³/mol. The van der Waals surface area contributed by atoms with Crippen LogP contribution >= 0.6 is 0 Å². The molecule has 0 radical (unpaired) electrons. The van der Waals surface area contributed by atoms with Gasteiger partial charge < -0.3 is 20.1 Å². The predicted octanol–water partition coefficient (Wildman–Crippen LogP) is 3.69. The van der Waals surface area contributed by atoms with Gasteiger partial charge in [-0.05, 0) is 42.8 Å². The lowest BCUT2D eigenvalue weighted by Gasteiger charge is -2.15. The molecule has 0 aromatic heterocycles. The van der Waals surface area contributed by atoms with Crippen molar-refractivity contribution in [3.63, 3.8) is 0 Å². The lowest BCUT2D eigenvalue weighted by atomic mass is 10.2. The van der Waals surface area contributed by atoms with Crippen LogP contribution in [-0.2, 0) is 13.1 Å². The molecular weight excluding hydrogens is 359 g/mol. The third-order valence-corrected chi connectivity index (χ3v) is 3.61. The molecule has 0 saturated heterocycles. The Bertz CT molecular complexity index is 752. The molecule has 0 bridgehead atoms. The SMILES string of the molecule is CCNC(=NCc1ccc(F)cc1)NCc1cc(OC)ccc1OC(F)F. The van der Waals surface area contributed by atoms with E-state index in [9.17, 15) is 13.2 Å². The maximum absolute atomic E-state index is 13.0. The van der Waals surface area contributed by atoms with E-state index in [2.05, 4.69) is 20.4 Å². The van der Waals surface area contributed by atoms with Crippen molar-refractivity contribution in [3.8, 4) is 11.5 Å². The van der Waals surface area contributed by atoms with E-state index in [4.69, 9.17) is 4.74 Å². The number of guanidine groups is 1. The molecule has 27 heavy (non-hydrogen) atoms. The summed E-state index contributed by atoms with van der Waals surface area (Å²) in [6, 6.07) is 10.6. The first-order valence-corrected chi connectivity index (χ1v) is 8.40. The normalized spacial score (nSPS) is 11.4. The van der Waals surface area contributed by atoms with Gasteiger partial charge in [-0.2, -0.15) is 8.78 Å². The monoisotopic (exact) mass is 381 g/mol. The van der Waals surface area contributed by atoms with Crippen LogP contribution in [0.1, 0.15) is 18.1 Å². The van der Waals surface area contributed by atoms with E-state index in [1.54, 1.807) is 24.3 Å². The summed E-state index contributed by atoms with van der Waals surface area (Å²) in [5.74, 6) is 0.777. The maximum atomic E-state index is 13.0. The molecule has 0 fully saturated rings. The number of alkyl halides is 2. The first kappa shape index (κ1) is 20.4. The van der Waals surface area contributed by atoms with E-state index in [0.717, 1.165) is 5.56 Å². The molecule has 0 heterocycles. The minimum atomic E-state index is -2.92. The van der Waals surface area contributed by atoms with Crippen LogP contribution in [0.25, 0.3) is 0 Å². The number of methoxy groups -OCH3 is 1. The van der Waals surface area contributed by atoms with Gasteiger partial charge in [0.05, 0.1) is 13.7 Å². The summed E-state index contributed by atoms with van der Waals surface area (Å²) in [5.41, 5.74) is 1.35. The Kier molecular flexibility index (Phi) is 7.79. The number of hydrogen-bond donors (Lipinski definition) is 2. The van der Waals surface area contributed by atoms with Crippen LogP contribution in [0, 0.1) is 5.82 Å². The van der Waals surface area contributed by atoms with Crippen molar-refractivity contribution in [2.45, 2.75) is 26.6 Å². The molecule has 0 unspecified atom stereocenters. The van der Waals surface area contributed by atoms with Crippen molar-refractivity contribution in [1.29, 1.82) is 0 Å². The van der Waals surface area contributed by atoms with Crippen molar-refractivity contribution in [1.82, 2.24) is 10.6 Å². The molecule has 146 valence electrons. The lowest BCUT2D eigenvalue weighted by molar-refractivity contribution is -0.0504. The standard InChI is InChI=1S/C19H22F3N3O2/c1-3-23-19(24-11-13-4-6-15(20)7-5-13)25-12-14-10-16(26-2)8-9-17(14)27-18(21)22/h4-10,18H,3,11-12H2,1-2H3,(H2,23,24,25). The third kappa shape index (κ3) is 6.73. The molecule has 2 N–H and O–H groups in total. The zero-order chi connectivity index (χ0) is 19.6. The average Bonchev–Trinajstić information content (AvgIpc) is 2.65. The third-order valence-electron chi connectivity index (χ3n) is 3.61. The second-order valence-electron chi connectivity index (χ2n) is 5.53. The van der Waals surface area contributed by atoms with Crippen LogP contribution in [0.4, 0.5) is 13.2 Å². The van der Waals surface area contributed by atoms with Crippen molar-refractivity contribution in [2.75, 3.05) is 13.7 Å². The summed E-state index contributed by atoms with van der Waals surface area (Å²) in [7, 11) is 1.49. The minimum absolute atomic E-state index is 0.0627. The second-order valence-corrected chi connectivity index (χ2v) is 5.53. The molecule has 5 nitrogen and oxygen atoms in total. The van der Waals surface area contributed by atoms with Gasteiger partial charge in [0, 0.05) is 18.7 Å². The molecule has 0 saturated carbocycles. The van der Waals surface area contributed by atoms with Crippen molar-refractivity contribution in [3.05, 3.63) is 59.4 Å². The highest BCUT2D eigenvalue weighted by molar-refractivity contribution is 5.79. The zero-order valence-corrected chi connectivity index (χ0v) is 15.1. The van der Waals surface area contributed by atoms with Gasteiger partial charge in [0.25, 0.3) is 0 Å². The fraction of sp³-hybridized carbons (Fsp3) is 0.316. The average molecular weight is 381 g/mol. The summed E-state index contributed by atoms with van der Waals surface area (Å²) in [6.45, 7) is 0.153. The lowest BCUT2D eigenvalue weighted by Crippen LogP contribution is -2.36. The number of nitrogens with zero attached hydrogens (tertiary/aromatic N) is 1. The Morgan fingerprint density at radius 2 is 1.85 bits per heavy atom. The van der Waals surface area contributed by atoms with E-state index in [1.165, 1.54) is 25.3 Å². The van der Waals surface area contributed by atoms with Gasteiger partial charge >= 0.3 is 6.61 Å². The fourth-order valence-corrected chi connectivity index (χ4v) is 2.31. The molecule has 2 rings (SSSR count). The van der Waals surface area contributed by atoms with Gasteiger partial charge in [-0.1, -0.05) is 12.1 Å². The Morgan fingerprint density at radius 3 is 2.48 bits per heavy atom. The summed E-state index contributed by atoms with van der Waals surface area (Å²) in [6.07, 6.45) is 0. The van der Waals surface area contributed by atoms with E-state index >= 15 is 0 Å². The van der Waals surface area contributed by atoms with Crippen LogP contribution in [0.3, 0.4) is 0 Å². The van der Waals surface area contributed by atoms with E-state index in [-0.39, 0.29) is 18.1 Å². The van der Waals surface area contributed by atoms with Crippen LogP contribution in [-0.4, -0.2) is 26.2 Å². The molecule has 2 aromatic rings. The molecule has 0 aliphatic heterocycles. The Hall–Kier alpha value is -2.90. The minimum Gasteiger partial charge on any atom is -0.497 e. The van der Waals surface area contributed by atoms with E-state index in [0.29, 0.717) is 30.4 Å². The van der Waals surface area contributed by atoms with E-state index in [1.807, 2.05) is 6.92 Å². The van der Waals surface area contributed by atoms with Crippen LogP contribution in [0.15, 0.2) is 47.5 Å². The summed E-state index contributed by atoms with van der Waals surface area (Å²) >= 11 is 0. The number of benzene rings is 2. The molecule has 0 atom stereocenters. The van der Waals surface area contributed by atoms with Gasteiger partial charge in [-0.15, -0.1) is 0 Å². The summed E-state index contributed by atoms with van der Waals surface area (Å²) < 4.78 is 47.9. The molecule has 8 heteroatoms. The number of nitrogens with one attached hydrogen (secondary N) is 2. The highest BCUT2D eigenvalue weighted by Crippen LogP contribution is 2.25. The highest BCUT2D eigenvalue weighted by Gasteiger charge is 2.11. The smallest absolute Gasteiger partial charge is 0.387 e. The summed E-state index contributed by atoms with van der Waals surface area (Å²) in [4.78, 5) is 4.41. The molecule has 0 amide bonds. The van der Waals surface area contributed by atoms with Crippen LogP contribution in [0.2, 0.25) is 0 Å². The molecule has 0 aliphatic rings. The first-order chi connectivity index (χ1) is 13.0. The van der Waals surface area contributed by atoms with Crippen molar-refractivity contribution >= 4 is 5.96 Å². The topological polar surface area (TPSA) is 54.9 Å². The van der Waals surface area contributed by atoms with Gasteiger partial charge in [-0.25, -0.2) is 9.38 Å². The molecular formula is C19H22F3N3O2. The highest BCUT2D eigenvalue weighted by atomic mass is 19.3. The van der Waals surface area contributed by atoms with Gasteiger partial charge in [0.1, 0.15) is 17.3 Å². The Morgan fingerprint density at radius 1 is 1.11 bits per heavy atom. The fourth-order valence-electron chi connectivity index (χ4n) is 2.31. The number of aliphatic imine (C=N–C) groups is 1. The van der Waals surface area contributed by atoms with Crippen molar-refractivity contribution < 1.29 is 22.6 Å². The van der Waals surface area contributed by atoms with Gasteiger partial charge in [-0.3, -0.25) is 0 Å². The Balaban J connectivity index is 2.09. The largest absolute Gasteiger partial charge is 0.497 e. The van der Waals surface area contributed by atoms with Crippen LogP contribution < -0.4 is 20.1 Å². The summed E-state index contributed by atoms with van der Waals surface area (Å²) in [5, 5.41) is 6.14. The van der Waals surface area contributed by atoms with E-state index < -0.39 is 6.61 Å². The maximum Gasteiger partial charge on any atom is 0.387 e. The Labute approximate surface area is 156 Å². The molecule has 0 spiro atoms. The quantitative estimate of drug-likeness (QED) is 0.541. The molecule has 2 aromatic carbocycles. The van der Waals surface area contributed by atoms with Gasteiger partial charge in [0.15, 0.2) is 5.96 Å². The number of ether oxygens (including phenoxy) is 2. The second kappa shape index (κ2) is 10.3. The number of halogens is 3. The first-order valence-electron chi connectivity index (χ1n) is 8.40. The van der Waals surface area contributed by atoms with Crippen molar-refractivity contribution in [2.24, 2.45) is 4.99 Å². The zero-order valence-electron chi connectivity index (χ0n) is 15.1. The van der Waals surface area contributed by atoms with Gasteiger partial charge in [0.2, 0.25) is 0 Å². The van der Waals surface area contributed by atoms with Crippen LogP contribution in [0.5, 0.6) is 11.5 Å². The number of rotatable bonds is 8. The number of hydrogen-bond acceptors (Lipinski definition) is 3.